The Kier molecular flexibility index (Phi) is 3.18. The molecule has 1 aromatic rings. The number of rotatable bonds is 3. The second-order valence-corrected chi connectivity index (χ2v) is 3.23. The standard InChI is InChI=1S/C11H12F2/c1-8(2)3-4-9-5-10(12)7-11(13)6-9/h5-7H,1,3-4H2,2H3. The van der Waals surface area contributed by atoms with E-state index in [2.05, 4.69) is 6.58 Å². The van der Waals surface area contributed by atoms with Gasteiger partial charge in [0.15, 0.2) is 0 Å². The van der Waals surface area contributed by atoms with Crippen LogP contribution in [-0.4, -0.2) is 0 Å². The Bertz CT molecular complexity index is 296. The topological polar surface area (TPSA) is 0 Å². The zero-order chi connectivity index (χ0) is 9.84. The van der Waals surface area contributed by atoms with Gasteiger partial charge in [-0.25, -0.2) is 8.78 Å². The van der Waals surface area contributed by atoms with Crippen molar-refractivity contribution in [3.63, 3.8) is 0 Å². The SMILES string of the molecule is C=C(C)CCc1cc(F)cc(F)c1. The van der Waals surface area contributed by atoms with Crippen LogP contribution in [0.15, 0.2) is 30.4 Å². The fourth-order valence-electron chi connectivity index (χ4n) is 1.11. The normalized spacial score (nSPS) is 10.1. The lowest BCUT2D eigenvalue weighted by Crippen LogP contribution is -1.89. The maximum Gasteiger partial charge on any atom is 0.126 e. The zero-order valence-electron chi connectivity index (χ0n) is 7.61. The summed E-state index contributed by atoms with van der Waals surface area (Å²) in [6, 6.07) is 3.59. The maximum absolute atomic E-state index is 12.7. The molecule has 0 saturated heterocycles. The van der Waals surface area contributed by atoms with Crippen molar-refractivity contribution in [3.8, 4) is 0 Å². The van der Waals surface area contributed by atoms with Crippen molar-refractivity contribution in [2.24, 2.45) is 0 Å². The van der Waals surface area contributed by atoms with Crippen LogP contribution in [0.25, 0.3) is 0 Å². The van der Waals surface area contributed by atoms with Crippen LogP contribution in [0.3, 0.4) is 0 Å². The summed E-state index contributed by atoms with van der Waals surface area (Å²) in [4.78, 5) is 0. The van der Waals surface area contributed by atoms with E-state index in [0.717, 1.165) is 18.1 Å². The van der Waals surface area contributed by atoms with Crippen LogP contribution in [-0.2, 0) is 6.42 Å². The molecule has 0 aromatic heterocycles. The summed E-state index contributed by atoms with van der Waals surface area (Å²) in [6.07, 6.45) is 1.41. The molecule has 0 heterocycles. The molecule has 0 nitrogen and oxygen atoms in total. The number of allylic oxidation sites excluding steroid dienone is 1. The fraction of sp³-hybridized carbons (Fsp3) is 0.273. The molecule has 0 atom stereocenters. The molecular weight excluding hydrogens is 170 g/mol. The number of hydrogen-bond donors (Lipinski definition) is 0. The minimum absolute atomic E-state index is 0.517. The van der Waals surface area contributed by atoms with Gasteiger partial charge in [0.2, 0.25) is 0 Å². The van der Waals surface area contributed by atoms with Gasteiger partial charge in [0.1, 0.15) is 11.6 Å². The molecular formula is C11H12F2. The number of halogens is 2. The van der Waals surface area contributed by atoms with Crippen LogP contribution in [0.5, 0.6) is 0 Å². The third-order valence-corrected chi connectivity index (χ3v) is 1.76. The summed E-state index contributed by atoms with van der Waals surface area (Å²) in [5.74, 6) is -1.03. The van der Waals surface area contributed by atoms with Crippen LogP contribution in [0.1, 0.15) is 18.9 Å². The third kappa shape index (κ3) is 3.36. The maximum atomic E-state index is 12.7. The Morgan fingerprint density at radius 2 is 1.77 bits per heavy atom. The highest BCUT2D eigenvalue weighted by Gasteiger charge is 2.00. The molecule has 0 radical (unpaired) electrons. The molecule has 13 heavy (non-hydrogen) atoms. The van der Waals surface area contributed by atoms with Crippen molar-refractivity contribution in [1.82, 2.24) is 0 Å². The highest BCUT2D eigenvalue weighted by molar-refractivity contribution is 5.18. The molecule has 0 aliphatic carbocycles. The van der Waals surface area contributed by atoms with Gasteiger partial charge in [-0.1, -0.05) is 5.57 Å². The molecule has 0 spiro atoms. The Morgan fingerprint density at radius 1 is 1.23 bits per heavy atom. The average molecular weight is 182 g/mol. The van der Waals surface area contributed by atoms with Crippen LogP contribution in [0, 0.1) is 11.6 Å². The molecule has 0 aliphatic rings. The van der Waals surface area contributed by atoms with Crippen LogP contribution in [0.2, 0.25) is 0 Å². The molecule has 70 valence electrons. The summed E-state index contributed by atoms with van der Waals surface area (Å²) in [5.41, 5.74) is 1.70. The van der Waals surface area contributed by atoms with Crippen molar-refractivity contribution in [2.45, 2.75) is 19.8 Å². The first-order valence-electron chi connectivity index (χ1n) is 4.17. The smallest absolute Gasteiger partial charge is 0.126 e. The minimum atomic E-state index is -0.517. The van der Waals surface area contributed by atoms with Crippen LogP contribution >= 0.6 is 0 Å². The molecule has 0 amide bonds. The summed E-state index contributed by atoms with van der Waals surface area (Å²) in [6.45, 7) is 5.63. The molecule has 0 aliphatic heterocycles. The third-order valence-electron chi connectivity index (χ3n) is 1.76. The molecule has 0 unspecified atom stereocenters. The van der Waals surface area contributed by atoms with E-state index in [1.165, 1.54) is 12.1 Å². The van der Waals surface area contributed by atoms with E-state index in [0.29, 0.717) is 12.0 Å². The first-order valence-corrected chi connectivity index (χ1v) is 4.17. The minimum Gasteiger partial charge on any atom is -0.207 e. The van der Waals surface area contributed by atoms with Gasteiger partial charge in [-0.05, 0) is 37.5 Å². The molecule has 0 N–H and O–H groups in total. The van der Waals surface area contributed by atoms with E-state index in [9.17, 15) is 8.78 Å². The zero-order valence-corrected chi connectivity index (χ0v) is 7.61. The van der Waals surface area contributed by atoms with Gasteiger partial charge < -0.3 is 0 Å². The summed E-state index contributed by atoms with van der Waals surface area (Å²) in [5, 5.41) is 0. The highest BCUT2D eigenvalue weighted by atomic mass is 19.1. The molecule has 0 saturated carbocycles. The lowest BCUT2D eigenvalue weighted by atomic mass is 10.1. The van der Waals surface area contributed by atoms with Gasteiger partial charge in [0.25, 0.3) is 0 Å². The molecule has 2 heteroatoms. The molecule has 1 aromatic carbocycles. The number of hydrogen-bond acceptors (Lipinski definition) is 0. The van der Waals surface area contributed by atoms with E-state index in [-0.39, 0.29) is 0 Å². The van der Waals surface area contributed by atoms with Crippen molar-refractivity contribution in [3.05, 3.63) is 47.5 Å². The first-order chi connectivity index (χ1) is 6.08. The fourth-order valence-corrected chi connectivity index (χ4v) is 1.11. The van der Waals surface area contributed by atoms with Crippen LogP contribution < -0.4 is 0 Å². The second-order valence-electron chi connectivity index (χ2n) is 3.23. The first kappa shape index (κ1) is 9.90. The summed E-state index contributed by atoms with van der Waals surface area (Å²) < 4.78 is 25.4. The molecule has 1 rings (SSSR count). The highest BCUT2D eigenvalue weighted by Crippen LogP contribution is 2.11. The molecule has 0 fully saturated rings. The lowest BCUT2D eigenvalue weighted by Gasteiger charge is -2.01. The van der Waals surface area contributed by atoms with Gasteiger partial charge in [-0.3, -0.25) is 0 Å². The monoisotopic (exact) mass is 182 g/mol. The van der Waals surface area contributed by atoms with E-state index in [1.807, 2.05) is 6.92 Å². The van der Waals surface area contributed by atoms with Gasteiger partial charge in [-0.2, -0.15) is 0 Å². The van der Waals surface area contributed by atoms with Crippen molar-refractivity contribution < 1.29 is 8.78 Å². The number of aryl methyl sites for hydroxylation is 1. The van der Waals surface area contributed by atoms with E-state index >= 15 is 0 Å². The van der Waals surface area contributed by atoms with Crippen molar-refractivity contribution in [2.75, 3.05) is 0 Å². The Morgan fingerprint density at radius 3 is 2.23 bits per heavy atom. The largest absolute Gasteiger partial charge is 0.207 e. The number of benzene rings is 1. The Hall–Kier alpha value is -1.18. The van der Waals surface area contributed by atoms with E-state index in [4.69, 9.17) is 0 Å². The summed E-state index contributed by atoms with van der Waals surface area (Å²) >= 11 is 0. The quantitative estimate of drug-likeness (QED) is 0.628. The Labute approximate surface area is 76.9 Å². The van der Waals surface area contributed by atoms with Crippen LogP contribution in [0.4, 0.5) is 8.78 Å². The lowest BCUT2D eigenvalue weighted by molar-refractivity contribution is 0.579. The predicted octanol–water partition coefficient (Wildman–Crippen LogP) is 3.47. The van der Waals surface area contributed by atoms with Crippen molar-refractivity contribution >= 4 is 0 Å². The van der Waals surface area contributed by atoms with E-state index in [1.54, 1.807) is 0 Å². The van der Waals surface area contributed by atoms with Gasteiger partial charge >= 0.3 is 0 Å². The summed E-state index contributed by atoms with van der Waals surface area (Å²) in [7, 11) is 0. The van der Waals surface area contributed by atoms with Gasteiger partial charge in [-0.15, -0.1) is 6.58 Å². The predicted molar refractivity (Wildman–Crippen MR) is 49.5 cm³/mol. The van der Waals surface area contributed by atoms with Gasteiger partial charge in [0, 0.05) is 6.07 Å². The second kappa shape index (κ2) is 4.17. The average Bonchev–Trinajstić information content (AvgIpc) is 1.99. The Balaban J connectivity index is 2.71. The van der Waals surface area contributed by atoms with Gasteiger partial charge in [0.05, 0.1) is 0 Å². The van der Waals surface area contributed by atoms with Crippen molar-refractivity contribution in [1.29, 1.82) is 0 Å². The molecule has 0 bridgehead atoms. The van der Waals surface area contributed by atoms with E-state index < -0.39 is 11.6 Å².